The number of benzene rings is 2. The van der Waals surface area contributed by atoms with Gasteiger partial charge in [0.25, 0.3) is 5.91 Å². The average molecular weight is 367 g/mol. The first-order chi connectivity index (χ1) is 13.1. The van der Waals surface area contributed by atoms with Crippen LogP contribution in [-0.4, -0.2) is 69.2 Å². The number of morpholine rings is 1. The maximum absolute atomic E-state index is 13.1. The van der Waals surface area contributed by atoms with E-state index in [1.54, 1.807) is 0 Å². The van der Waals surface area contributed by atoms with E-state index in [0.717, 1.165) is 49.7 Å². The zero-order valence-corrected chi connectivity index (χ0v) is 16.3. The van der Waals surface area contributed by atoms with Gasteiger partial charge in [0.2, 0.25) is 0 Å². The monoisotopic (exact) mass is 367 g/mol. The Bertz CT molecular complexity index is 710. The highest BCUT2D eigenvalue weighted by Gasteiger charge is 2.18. The smallest absolute Gasteiger partial charge is 0.254 e. The first-order valence-corrected chi connectivity index (χ1v) is 9.54. The van der Waals surface area contributed by atoms with Gasteiger partial charge in [0.05, 0.1) is 13.2 Å². The lowest BCUT2D eigenvalue weighted by atomic mass is 10.1. The van der Waals surface area contributed by atoms with Crippen LogP contribution in [0.3, 0.4) is 0 Å². The SMILES string of the molecule is CN(C)c1ccc(CN(CCN2CCOCC2)C(=O)c2ccccc2)cc1. The van der Waals surface area contributed by atoms with Crippen molar-refractivity contribution < 1.29 is 9.53 Å². The quantitative estimate of drug-likeness (QED) is 0.754. The minimum absolute atomic E-state index is 0.0838. The van der Waals surface area contributed by atoms with Crippen LogP contribution in [0.4, 0.5) is 5.69 Å². The van der Waals surface area contributed by atoms with Gasteiger partial charge >= 0.3 is 0 Å². The van der Waals surface area contributed by atoms with Crippen LogP contribution in [-0.2, 0) is 11.3 Å². The van der Waals surface area contributed by atoms with E-state index in [2.05, 4.69) is 34.1 Å². The predicted molar refractivity (Wildman–Crippen MR) is 109 cm³/mol. The van der Waals surface area contributed by atoms with E-state index in [4.69, 9.17) is 4.74 Å². The van der Waals surface area contributed by atoms with Gasteiger partial charge in [-0.05, 0) is 29.8 Å². The number of ether oxygens (including phenoxy) is 1. The van der Waals surface area contributed by atoms with Crippen molar-refractivity contribution in [3.05, 3.63) is 65.7 Å². The number of carbonyl (C=O) groups is 1. The van der Waals surface area contributed by atoms with Gasteiger partial charge in [-0.2, -0.15) is 0 Å². The Morgan fingerprint density at radius 1 is 1.00 bits per heavy atom. The van der Waals surface area contributed by atoms with Crippen LogP contribution < -0.4 is 4.90 Å². The molecule has 2 aromatic carbocycles. The second-order valence-electron chi connectivity index (χ2n) is 7.11. The number of carbonyl (C=O) groups excluding carboxylic acids is 1. The number of anilines is 1. The zero-order chi connectivity index (χ0) is 19.1. The summed E-state index contributed by atoms with van der Waals surface area (Å²) in [6.45, 7) is 5.62. The largest absolute Gasteiger partial charge is 0.379 e. The molecule has 1 fully saturated rings. The molecule has 1 saturated heterocycles. The van der Waals surface area contributed by atoms with Gasteiger partial charge in [0.1, 0.15) is 0 Å². The molecule has 0 aliphatic carbocycles. The third-order valence-electron chi connectivity index (χ3n) is 4.92. The van der Waals surface area contributed by atoms with Crippen LogP contribution in [0.2, 0.25) is 0 Å². The summed E-state index contributed by atoms with van der Waals surface area (Å²) in [6, 6.07) is 18.0. The molecule has 3 rings (SSSR count). The fraction of sp³-hybridized carbons (Fsp3) is 0.409. The van der Waals surface area contributed by atoms with Gasteiger partial charge in [-0.15, -0.1) is 0 Å². The molecule has 27 heavy (non-hydrogen) atoms. The summed E-state index contributed by atoms with van der Waals surface area (Å²) in [5, 5.41) is 0. The minimum atomic E-state index is 0.0838. The fourth-order valence-electron chi connectivity index (χ4n) is 3.22. The third-order valence-corrected chi connectivity index (χ3v) is 4.92. The van der Waals surface area contributed by atoms with Gasteiger partial charge in [0, 0.05) is 58.1 Å². The summed E-state index contributed by atoms with van der Waals surface area (Å²) in [5.41, 5.74) is 3.05. The summed E-state index contributed by atoms with van der Waals surface area (Å²) in [5.74, 6) is 0.0838. The molecule has 1 aliphatic rings. The maximum Gasteiger partial charge on any atom is 0.254 e. The van der Waals surface area contributed by atoms with Crippen LogP contribution in [0.15, 0.2) is 54.6 Å². The van der Waals surface area contributed by atoms with Crippen molar-refractivity contribution in [2.24, 2.45) is 0 Å². The van der Waals surface area contributed by atoms with Crippen LogP contribution in [0.25, 0.3) is 0 Å². The number of hydrogen-bond acceptors (Lipinski definition) is 4. The Morgan fingerprint density at radius 3 is 2.30 bits per heavy atom. The standard InChI is InChI=1S/C22H29N3O2/c1-23(2)21-10-8-19(9-11-21)18-25(13-12-24-14-16-27-17-15-24)22(26)20-6-4-3-5-7-20/h3-11H,12-18H2,1-2H3. The molecule has 5 nitrogen and oxygen atoms in total. The van der Waals surface area contributed by atoms with E-state index in [9.17, 15) is 4.79 Å². The molecule has 0 aromatic heterocycles. The van der Waals surface area contributed by atoms with E-state index >= 15 is 0 Å². The molecule has 0 radical (unpaired) electrons. The van der Waals surface area contributed by atoms with Crippen LogP contribution >= 0.6 is 0 Å². The minimum Gasteiger partial charge on any atom is -0.379 e. The maximum atomic E-state index is 13.1. The summed E-state index contributed by atoms with van der Waals surface area (Å²) >= 11 is 0. The van der Waals surface area contributed by atoms with Gasteiger partial charge in [-0.1, -0.05) is 30.3 Å². The van der Waals surface area contributed by atoms with Gasteiger partial charge in [-0.3, -0.25) is 9.69 Å². The molecule has 144 valence electrons. The molecule has 0 N–H and O–H groups in total. The fourth-order valence-corrected chi connectivity index (χ4v) is 3.22. The highest BCUT2D eigenvalue weighted by atomic mass is 16.5. The number of nitrogens with zero attached hydrogens (tertiary/aromatic N) is 3. The van der Waals surface area contributed by atoms with Crippen molar-refractivity contribution >= 4 is 11.6 Å². The molecule has 0 saturated carbocycles. The van der Waals surface area contributed by atoms with Crippen molar-refractivity contribution in [1.29, 1.82) is 0 Å². The summed E-state index contributed by atoms with van der Waals surface area (Å²) in [7, 11) is 4.06. The highest BCUT2D eigenvalue weighted by molar-refractivity contribution is 5.94. The lowest BCUT2D eigenvalue weighted by Gasteiger charge is -2.30. The molecule has 0 unspecified atom stereocenters. The molecule has 2 aromatic rings. The molecular weight excluding hydrogens is 338 g/mol. The lowest BCUT2D eigenvalue weighted by Crippen LogP contribution is -2.42. The second-order valence-corrected chi connectivity index (χ2v) is 7.11. The van der Waals surface area contributed by atoms with Gasteiger partial charge in [-0.25, -0.2) is 0 Å². The van der Waals surface area contributed by atoms with Crippen LogP contribution in [0.5, 0.6) is 0 Å². The molecule has 1 amide bonds. The first kappa shape index (κ1) is 19.4. The van der Waals surface area contributed by atoms with Gasteiger partial charge < -0.3 is 14.5 Å². The first-order valence-electron chi connectivity index (χ1n) is 9.54. The number of rotatable bonds is 7. The molecule has 0 bridgehead atoms. The molecule has 0 spiro atoms. The second kappa shape index (κ2) is 9.53. The summed E-state index contributed by atoms with van der Waals surface area (Å²) in [4.78, 5) is 19.5. The molecule has 1 heterocycles. The highest BCUT2D eigenvalue weighted by Crippen LogP contribution is 2.15. The van der Waals surface area contributed by atoms with E-state index in [1.807, 2.05) is 49.3 Å². The van der Waals surface area contributed by atoms with Crippen molar-refractivity contribution in [1.82, 2.24) is 9.80 Å². The molecular formula is C22H29N3O2. The Morgan fingerprint density at radius 2 is 1.67 bits per heavy atom. The van der Waals surface area contributed by atoms with Crippen LogP contribution in [0, 0.1) is 0 Å². The lowest BCUT2D eigenvalue weighted by molar-refractivity contribution is 0.0320. The zero-order valence-electron chi connectivity index (χ0n) is 16.3. The summed E-state index contributed by atoms with van der Waals surface area (Å²) < 4.78 is 5.42. The third kappa shape index (κ3) is 5.55. The van der Waals surface area contributed by atoms with Crippen molar-refractivity contribution in [2.45, 2.75) is 6.54 Å². The average Bonchev–Trinajstić information content (AvgIpc) is 2.72. The topological polar surface area (TPSA) is 36.0 Å². The van der Waals surface area contributed by atoms with Crippen molar-refractivity contribution in [3.8, 4) is 0 Å². The normalized spacial score (nSPS) is 14.7. The Labute approximate surface area is 162 Å². The number of hydrogen-bond donors (Lipinski definition) is 0. The van der Waals surface area contributed by atoms with Crippen LogP contribution in [0.1, 0.15) is 15.9 Å². The van der Waals surface area contributed by atoms with Crippen molar-refractivity contribution in [2.75, 3.05) is 58.4 Å². The van der Waals surface area contributed by atoms with E-state index in [-0.39, 0.29) is 5.91 Å². The summed E-state index contributed by atoms with van der Waals surface area (Å²) in [6.07, 6.45) is 0. The van der Waals surface area contributed by atoms with Crippen molar-refractivity contribution in [3.63, 3.8) is 0 Å². The Hall–Kier alpha value is -2.37. The van der Waals surface area contributed by atoms with E-state index in [1.165, 1.54) is 0 Å². The van der Waals surface area contributed by atoms with E-state index < -0.39 is 0 Å². The Balaban J connectivity index is 1.70. The molecule has 5 heteroatoms. The van der Waals surface area contributed by atoms with E-state index in [0.29, 0.717) is 13.1 Å². The predicted octanol–water partition coefficient (Wildman–Crippen LogP) is 2.73. The number of amides is 1. The molecule has 1 aliphatic heterocycles. The molecule has 0 atom stereocenters. The van der Waals surface area contributed by atoms with Gasteiger partial charge in [0.15, 0.2) is 0 Å². The Kier molecular flexibility index (Phi) is 6.85.